The molecule has 1 unspecified atom stereocenters. The van der Waals surface area contributed by atoms with E-state index in [2.05, 4.69) is 12.2 Å². The minimum absolute atomic E-state index is 0.167. The molecule has 1 atom stereocenters. The van der Waals surface area contributed by atoms with Crippen LogP contribution in [0, 0.1) is 0 Å². The van der Waals surface area contributed by atoms with E-state index in [4.69, 9.17) is 10.2 Å². The highest BCUT2D eigenvalue weighted by Crippen LogP contribution is 2.21. The number of anilines is 1. The zero-order valence-corrected chi connectivity index (χ0v) is 11.9. The van der Waals surface area contributed by atoms with Crippen LogP contribution in [0.5, 0.6) is 0 Å². The number of hydrogen-bond donors (Lipinski definition) is 2. The number of amides is 1. The van der Waals surface area contributed by atoms with Gasteiger partial charge < -0.3 is 15.5 Å². The first-order valence-corrected chi connectivity index (χ1v) is 7.62. The van der Waals surface area contributed by atoms with Crippen LogP contribution in [0.2, 0.25) is 0 Å². The average Bonchev–Trinajstić information content (AvgIpc) is 2.81. The lowest BCUT2D eigenvalue weighted by Gasteiger charge is -2.14. The monoisotopic (exact) mass is 278 g/mol. The van der Waals surface area contributed by atoms with Crippen molar-refractivity contribution >= 4 is 34.3 Å². The molecule has 3 N–H and O–H groups in total. The zero-order chi connectivity index (χ0) is 13.8. The molecule has 0 radical (unpaired) electrons. The molecule has 0 aliphatic carbocycles. The number of benzene rings is 1. The molecule has 2 aromatic rings. The number of carbonyl (C=O) groups excluding carboxylic acids is 1. The number of fused-ring (bicyclic) bond motifs is 1. The molecule has 19 heavy (non-hydrogen) atoms. The predicted octanol–water partition coefficient (Wildman–Crippen LogP) is 2.89. The fourth-order valence-corrected chi connectivity index (χ4v) is 2.61. The minimum Gasteiger partial charge on any atom is -0.451 e. The third-order valence-electron chi connectivity index (χ3n) is 2.96. The van der Waals surface area contributed by atoms with Crippen molar-refractivity contribution < 1.29 is 9.21 Å². The summed E-state index contributed by atoms with van der Waals surface area (Å²) in [4.78, 5) is 12.1. The van der Waals surface area contributed by atoms with Crippen LogP contribution in [0.25, 0.3) is 11.0 Å². The molecule has 4 nitrogen and oxygen atoms in total. The molecule has 0 fully saturated rings. The van der Waals surface area contributed by atoms with Gasteiger partial charge in [-0.05, 0) is 36.9 Å². The lowest BCUT2D eigenvalue weighted by Crippen LogP contribution is -2.35. The molecule has 1 amide bonds. The lowest BCUT2D eigenvalue weighted by molar-refractivity contribution is 0.0914. The molecule has 1 aromatic carbocycles. The molecule has 0 aliphatic rings. The summed E-state index contributed by atoms with van der Waals surface area (Å²) in [5, 5.41) is 3.82. The van der Waals surface area contributed by atoms with Crippen LogP contribution in [0.4, 0.5) is 5.69 Å². The Labute approximate surface area is 116 Å². The summed E-state index contributed by atoms with van der Waals surface area (Å²) in [6.45, 7) is 2.06. The van der Waals surface area contributed by atoms with E-state index < -0.39 is 0 Å². The lowest BCUT2D eigenvalue weighted by atomic mass is 10.2. The molecular weight excluding hydrogens is 260 g/mol. The summed E-state index contributed by atoms with van der Waals surface area (Å²) >= 11 is 1.72. The van der Waals surface area contributed by atoms with Gasteiger partial charge in [-0.1, -0.05) is 6.92 Å². The van der Waals surface area contributed by atoms with Crippen LogP contribution in [-0.2, 0) is 0 Å². The fraction of sp³-hybridized carbons (Fsp3) is 0.357. The number of rotatable bonds is 5. The van der Waals surface area contributed by atoms with E-state index in [1.807, 2.05) is 6.26 Å². The number of nitrogens with two attached hydrogens (primary N) is 1. The van der Waals surface area contributed by atoms with E-state index in [-0.39, 0.29) is 11.9 Å². The number of carbonyl (C=O) groups is 1. The summed E-state index contributed by atoms with van der Waals surface area (Å²) < 4.78 is 5.53. The first-order valence-electron chi connectivity index (χ1n) is 6.23. The van der Waals surface area contributed by atoms with E-state index in [9.17, 15) is 4.79 Å². The van der Waals surface area contributed by atoms with Crippen LogP contribution in [0.1, 0.15) is 23.9 Å². The van der Waals surface area contributed by atoms with E-state index >= 15 is 0 Å². The molecule has 0 saturated carbocycles. The Morgan fingerprint density at radius 2 is 2.26 bits per heavy atom. The quantitative estimate of drug-likeness (QED) is 0.825. The van der Waals surface area contributed by atoms with Crippen molar-refractivity contribution in [1.82, 2.24) is 5.32 Å². The van der Waals surface area contributed by atoms with Crippen LogP contribution >= 0.6 is 11.8 Å². The van der Waals surface area contributed by atoms with Gasteiger partial charge in [-0.3, -0.25) is 4.79 Å². The predicted molar refractivity (Wildman–Crippen MR) is 80.6 cm³/mol. The molecule has 0 aliphatic heterocycles. The first kappa shape index (κ1) is 13.8. The third kappa shape index (κ3) is 3.23. The fourth-order valence-electron chi connectivity index (χ4n) is 1.89. The van der Waals surface area contributed by atoms with Crippen molar-refractivity contribution in [3.8, 4) is 0 Å². The van der Waals surface area contributed by atoms with E-state index in [0.29, 0.717) is 17.0 Å². The smallest absolute Gasteiger partial charge is 0.287 e. The summed E-state index contributed by atoms with van der Waals surface area (Å²) in [5.41, 5.74) is 7.05. The van der Waals surface area contributed by atoms with Crippen molar-refractivity contribution in [2.45, 2.75) is 19.4 Å². The van der Waals surface area contributed by atoms with Crippen molar-refractivity contribution in [3.63, 3.8) is 0 Å². The van der Waals surface area contributed by atoms with E-state index in [1.165, 1.54) is 0 Å². The van der Waals surface area contributed by atoms with Gasteiger partial charge in [-0.25, -0.2) is 0 Å². The summed E-state index contributed by atoms with van der Waals surface area (Å²) in [6, 6.07) is 7.24. The van der Waals surface area contributed by atoms with Gasteiger partial charge in [0.15, 0.2) is 5.76 Å². The van der Waals surface area contributed by atoms with Gasteiger partial charge in [0.2, 0.25) is 0 Å². The van der Waals surface area contributed by atoms with Crippen molar-refractivity contribution in [3.05, 3.63) is 30.0 Å². The van der Waals surface area contributed by atoms with Crippen molar-refractivity contribution in [2.24, 2.45) is 0 Å². The maximum atomic E-state index is 12.1. The van der Waals surface area contributed by atoms with E-state index in [0.717, 1.165) is 17.6 Å². The van der Waals surface area contributed by atoms with Gasteiger partial charge in [-0.2, -0.15) is 11.8 Å². The normalized spacial score (nSPS) is 12.5. The molecule has 0 spiro atoms. The summed E-state index contributed by atoms with van der Waals surface area (Å²) in [6.07, 6.45) is 2.93. The Balaban J connectivity index is 2.17. The highest BCUT2D eigenvalue weighted by Gasteiger charge is 2.15. The van der Waals surface area contributed by atoms with Gasteiger partial charge >= 0.3 is 0 Å². The number of nitrogens with one attached hydrogen (secondary N) is 1. The number of thioether (sulfide) groups is 1. The second kappa shape index (κ2) is 6.02. The molecule has 0 saturated heterocycles. The maximum absolute atomic E-state index is 12.1. The highest BCUT2D eigenvalue weighted by atomic mass is 32.2. The maximum Gasteiger partial charge on any atom is 0.287 e. The average molecular weight is 278 g/mol. The van der Waals surface area contributed by atoms with Crippen molar-refractivity contribution in [2.75, 3.05) is 17.7 Å². The Hall–Kier alpha value is -1.62. The summed E-state index contributed by atoms with van der Waals surface area (Å²) in [5.74, 6) is 1.06. The second-order valence-electron chi connectivity index (χ2n) is 4.44. The number of hydrogen-bond acceptors (Lipinski definition) is 4. The molecule has 1 heterocycles. The number of furan rings is 1. The Bertz CT molecular complexity index is 580. The van der Waals surface area contributed by atoms with Gasteiger partial charge in [0, 0.05) is 22.9 Å². The Kier molecular flexibility index (Phi) is 4.37. The van der Waals surface area contributed by atoms with Gasteiger partial charge in [0.05, 0.1) is 0 Å². The molecule has 0 bridgehead atoms. The molecule has 2 rings (SSSR count). The zero-order valence-electron chi connectivity index (χ0n) is 11.1. The van der Waals surface area contributed by atoms with Gasteiger partial charge in [-0.15, -0.1) is 0 Å². The standard InChI is InChI=1S/C14H18N2O2S/c1-3-11(8-19-2)16-14(17)13-7-9-6-10(15)4-5-12(9)18-13/h4-7,11H,3,8,15H2,1-2H3,(H,16,17). The molecule has 1 aromatic heterocycles. The highest BCUT2D eigenvalue weighted by molar-refractivity contribution is 7.98. The minimum atomic E-state index is -0.171. The Morgan fingerprint density at radius 1 is 1.47 bits per heavy atom. The SMILES string of the molecule is CCC(CSC)NC(=O)c1cc2cc(N)ccc2o1. The molecular formula is C14H18N2O2S. The summed E-state index contributed by atoms with van der Waals surface area (Å²) in [7, 11) is 0. The largest absolute Gasteiger partial charge is 0.451 e. The van der Waals surface area contributed by atoms with Crippen LogP contribution in [0.3, 0.4) is 0 Å². The molecule has 102 valence electrons. The van der Waals surface area contributed by atoms with Crippen LogP contribution < -0.4 is 11.1 Å². The molecule has 5 heteroatoms. The van der Waals surface area contributed by atoms with Crippen LogP contribution in [0.15, 0.2) is 28.7 Å². The number of nitrogen functional groups attached to an aromatic ring is 1. The van der Waals surface area contributed by atoms with Crippen molar-refractivity contribution in [1.29, 1.82) is 0 Å². The van der Waals surface area contributed by atoms with Gasteiger partial charge in [0.1, 0.15) is 5.58 Å². The first-order chi connectivity index (χ1) is 9.13. The topological polar surface area (TPSA) is 68.3 Å². The Morgan fingerprint density at radius 3 is 2.95 bits per heavy atom. The van der Waals surface area contributed by atoms with E-state index in [1.54, 1.807) is 36.0 Å². The third-order valence-corrected chi connectivity index (χ3v) is 3.70. The second-order valence-corrected chi connectivity index (χ2v) is 5.35. The van der Waals surface area contributed by atoms with Crippen LogP contribution in [-0.4, -0.2) is 24.0 Å². The van der Waals surface area contributed by atoms with Gasteiger partial charge in [0.25, 0.3) is 5.91 Å².